The molecule has 0 radical (unpaired) electrons. The highest BCUT2D eigenvalue weighted by Gasteiger charge is 2.23. The maximum atomic E-state index is 6.09. The van der Waals surface area contributed by atoms with Gasteiger partial charge in [-0.05, 0) is 24.7 Å². The van der Waals surface area contributed by atoms with Crippen molar-refractivity contribution < 1.29 is 0 Å². The Bertz CT molecular complexity index is 437. The molecule has 1 saturated heterocycles. The minimum Gasteiger partial charge on any atom is -0.369 e. The Morgan fingerprint density at radius 2 is 1.90 bits per heavy atom. The summed E-state index contributed by atoms with van der Waals surface area (Å²) < 4.78 is 0. The van der Waals surface area contributed by atoms with Gasteiger partial charge in [-0.2, -0.15) is 0 Å². The van der Waals surface area contributed by atoms with Crippen molar-refractivity contribution in [1.29, 1.82) is 0 Å². The van der Waals surface area contributed by atoms with Gasteiger partial charge >= 0.3 is 0 Å². The Hall–Kier alpha value is -0.830. The average Bonchev–Trinajstić information content (AvgIpc) is 2.46. The van der Waals surface area contributed by atoms with Crippen LogP contribution >= 0.6 is 11.6 Å². The maximum absolute atomic E-state index is 6.09. The third kappa shape index (κ3) is 3.43. The first-order valence-corrected chi connectivity index (χ1v) is 8.23. The van der Waals surface area contributed by atoms with Gasteiger partial charge in [-0.25, -0.2) is 9.97 Å². The molecule has 0 amide bonds. The molecule has 20 heavy (non-hydrogen) atoms. The smallest absolute Gasteiger partial charge is 0.131 e. The number of alkyl halides is 1. The SMILES string of the molecule is CC(C)c1ncc(N2CCC(C(C)C)CC2)c(CCl)n1. The van der Waals surface area contributed by atoms with E-state index in [0.29, 0.717) is 11.8 Å². The minimum absolute atomic E-state index is 0.345. The molecule has 0 unspecified atom stereocenters. The lowest BCUT2D eigenvalue weighted by molar-refractivity contribution is 0.311. The molecule has 3 nitrogen and oxygen atoms in total. The number of halogens is 1. The van der Waals surface area contributed by atoms with Crippen molar-refractivity contribution in [2.24, 2.45) is 11.8 Å². The molecule has 1 aliphatic rings. The van der Waals surface area contributed by atoms with Crippen LogP contribution in [0, 0.1) is 11.8 Å². The number of hydrogen-bond acceptors (Lipinski definition) is 3. The fourth-order valence-electron chi connectivity index (χ4n) is 2.87. The molecule has 1 aromatic heterocycles. The highest BCUT2D eigenvalue weighted by atomic mass is 35.5. The van der Waals surface area contributed by atoms with E-state index in [2.05, 4.69) is 42.6 Å². The van der Waals surface area contributed by atoms with Crippen LogP contribution in [-0.2, 0) is 5.88 Å². The van der Waals surface area contributed by atoms with Crippen molar-refractivity contribution in [1.82, 2.24) is 9.97 Å². The second-order valence-electron chi connectivity index (χ2n) is 6.42. The van der Waals surface area contributed by atoms with Crippen molar-refractivity contribution >= 4 is 17.3 Å². The molecule has 0 saturated carbocycles. The number of anilines is 1. The second-order valence-corrected chi connectivity index (χ2v) is 6.68. The zero-order chi connectivity index (χ0) is 14.7. The summed E-state index contributed by atoms with van der Waals surface area (Å²) in [5.74, 6) is 3.33. The summed E-state index contributed by atoms with van der Waals surface area (Å²) in [4.78, 5) is 11.5. The van der Waals surface area contributed by atoms with E-state index in [-0.39, 0.29) is 0 Å². The van der Waals surface area contributed by atoms with Gasteiger partial charge in [-0.3, -0.25) is 0 Å². The van der Waals surface area contributed by atoms with Crippen LogP contribution in [0.3, 0.4) is 0 Å². The molecule has 0 N–H and O–H groups in total. The molecule has 0 atom stereocenters. The first-order chi connectivity index (χ1) is 9.52. The van der Waals surface area contributed by atoms with Crippen LogP contribution in [0.25, 0.3) is 0 Å². The Balaban J connectivity index is 2.13. The summed E-state index contributed by atoms with van der Waals surface area (Å²) in [5.41, 5.74) is 2.11. The number of hydrogen-bond donors (Lipinski definition) is 0. The summed E-state index contributed by atoms with van der Waals surface area (Å²) in [7, 11) is 0. The minimum atomic E-state index is 0.345. The summed E-state index contributed by atoms with van der Waals surface area (Å²) >= 11 is 6.09. The van der Waals surface area contributed by atoms with Crippen molar-refractivity contribution in [3.8, 4) is 0 Å². The van der Waals surface area contributed by atoms with Gasteiger partial charge in [0.15, 0.2) is 0 Å². The van der Waals surface area contributed by atoms with Crippen molar-refractivity contribution in [3.63, 3.8) is 0 Å². The van der Waals surface area contributed by atoms with Gasteiger partial charge in [0.1, 0.15) is 5.82 Å². The first-order valence-electron chi connectivity index (χ1n) is 7.69. The lowest BCUT2D eigenvalue weighted by Gasteiger charge is -2.35. The lowest BCUT2D eigenvalue weighted by Crippen LogP contribution is -2.36. The number of aromatic nitrogens is 2. The highest BCUT2D eigenvalue weighted by molar-refractivity contribution is 6.17. The fourth-order valence-corrected chi connectivity index (χ4v) is 3.07. The maximum Gasteiger partial charge on any atom is 0.131 e. The zero-order valence-corrected chi connectivity index (χ0v) is 13.8. The van der Waals surface area contributed by atoms with E-state index in [1.165, 1.54) is 12.8 Å². The Morgan fingerprint density at radius 1 is 1.25 bits per heavy atom. The van der Waals surface area contributed by atoms with E-state index in [0.717, 1.165) is 42.1 Å². The molecular formula is C16H26ClN3. The number of piperidine rings is 1. The van der Waals surface area contributed by atoms with Crippen LogP contribution in [-0.4, -0.2) is 23.1 Å². The molecule has 1 fully saturated rings. The van der Waals surface area contributed by atoms with Crippen molar-refractivity contribution in [3.05, 3.63) is 17.7 Å². The molecule has 4 heteroatoms. The van der Waals surface area contributed by atoms with Crippen molar-refractivity contribution in [2.45, 2.75) is 52.3 Å². The average molecular weight is 296 g/mol. The van der Waals surface area contributed by atoms with Gasteiger partial charge in [-0.1, -0.05) is 27.7 Å². The predicted molar refractivity (Wildman–Crippen MR) is 85.5 cm³/mol. The topological polar surface area (TPSA) is 29.0 Å². The fraction of sp³-hybridized carbons (Fsp3) is 0.750. The van der Waals surface area contributed by atoms with Crippen LogP contribution in [0.2, 0.25) is 0 Å². The van der Waals surface area contributed by atoms with Crippen LogP contribution < -0.4 is 4.90 Å². The molecule has 1 aromatic rings. The standard InChI is InChI=1S/C16H26ClN3/c1-11(2)13-5-7-20(8-6-13)15-10-18-16(12(3)4)19-14(15)9-17/h10-13H,5-9H2,1-4H3. The first kappa shape index (κ1) is 15.6. The molecule has 2 rings (SSSR count). The Morgan fingerprint density at radius 3 is 2.40 bits per heavy atom. The molecular weight excluding hydrogens is 270 g/mol. The quantitative estimate of drug-likeness (QED) is 0.779. The van der Waals surface area contributed by atoms with Gasteiger partial charge in [-0.15, -0.1) is 11.6 Å². The Kier molecular flexibility index (Phi) is 5.25. The monoisotopic (exact) mass is 295 g/mol. The van der Waals surface area contributed by atoms with Crippen LogP contribution in [0.1, 0.15) is 58.0 Å². The van der Waals surface area contributed by atoms with Crippen LogP contribution in [0.4, 0.5) is 5.69 Å². The van der Waals surface area contributed by atoms with Crippen molar-refractivity contribution in [2.75, 3.05) is 18.0 Å². The lowest BCUT2D eigenvalue weighted by atomic mass is 9.86. The van der Waals surface area contributed by atoms with Gasteiger partial charge in [0.2, 0.25) is 0 Å². The van der Waals surface area contributed by atoms with E-state index in [9.17, 15) is 0 Å². The summed E-state index contributed by atoms with van der Waals surface area (Å²) in [6, 6.07) is 0. The summed E-state index contributed by atoms with van der Waals surface area (Å²) in [6.07, 6.45) is 4.48. The van der Waals surface area contributed by atoms with E-state index in [4.69, 9.17) is 11.6 Å². The molecule has 112 valence electrons. The normalized spacial score (nSPS) is 17.2. The molecule has 0 aliphatic carbocycles. The van der Waals surface area contributed by atoms with E-state index in [1.54, 1.807) is 0 Å². The number of nitrogens with zero attached hydrogens (tertiary/aromatic N) is 3. The summed E-state index contributed by atoms with van der Waals surface area (Å²) in [5, 5.41) is 0. The zero-order valence-electron chi connectivity index (χ0n) is 13.1. The van der Waals surface area contributed by atoms with E-state index in [1.807, 2.05) is 6.20 Å². The Labute approximate surface area is 127 Å². The predicted octanol–water partition coefficient (Wildman–Crippen LogP) is 4.21. The van der Waals surface area contributed by atoms with E-state index < -0.39 is 0 Å². The second kappa shape index (κ2) is 6.75. The molecule has 0 aromatic carbocycles. The largest absolute Gasteiger partial charge is 0.369 e. The van der Waals surface area contributed by atoms with Gasteiger partial charge < -0.3 is 4.90 Å². The molecule has 0 spiro atoms. The highest BCUT2D eigenvalue weighted by Crippen LogP contribution is 2.29. The van der Waals surface area contributed by atoms with E-state index >= 15 is 0 Å². The van der Waals surface area contributed by atoms with Gasteiger partial charge in [0.05, 0.1) is 23.5 Å². The van der Waals surface area contributed by atoms with Crippen LogP contribution in [0.5, 0.6) is 0 Å². The van der Waals surface area contributed by atoms with Crippen LogP contribution in [0.15, 0.2) is 6.20 Å². The van der Waals surface area contributed by atoms with Gasteiger partial charge in [0, 0.05) is 19.0 Å². The number of rotatable bonds is 4. The molecule has 0 bridgehead atoms. The van der Waals surface area contributed by atoms with Gasteiger partial charge in [0.25, 0.3) is 0 Å². The summed E-state index contributed by atoms with van der Waals surface area (Å²) in [6.45, 7) is 11.1. The third-order valence-electron chi connectivity index (χ3n) is 4.33. The molecule has 2 heterocycles. The molecule has 1 aliphatic heterocycles. The third-order valence-corrected chi connectivity index (χ3v) is 4.58.